The van der Waals surface area contributed by atoms with Crippen LogP contribution in [0.4, 0.5) is 0 Å². The van der Waals surface area contributed by atoms with Gasteiger partial charge in [-0.1, -0.05) is 0 Å². The van der Waals surface area contributed by atoms with Crippen LogP contribution in [0.1, 0.15) is 4.88 Å². The van der Waals surface area contributed by atoms with Crippen molar-refractivity contribution >= 4 is 21.4 Å². The Morgan fingerprint density at radius 3 is 2.95 bits per heavy atom. The molecule has 6 nitrogen and oxygen atoms in total. The number of thiophene rings is 1. The zero-order chi connectivity index (χ0) is 13.7. The van der Waals surface area contributed by atoms with E-state index in [1.165, 1.54) is 11.3 Å². The fourth-order valence-corrected chi connectivity index (χ4v) is 4.13. The van der Waals surface area contributed by atoms with E-state index < -0.39 is 10.0 Å². The minimum absolute atomic E-state index is 0.0146. The normalized spacial score (nSPS) is 20.6. The van der Waals surface area contributed by atoms with Gasteiger partial charge in [0.1, 0.15) is 4.21 Å². The minimum Gasteiger partial charge on any atom is -0.396 e. The van der Waals surface area contributed by atoms with Crippen molar-refractivity contribution in [1.29, 1.82) is 0 Å². The molecule has 108 valence electrons. The average Bonchev–Trinajstić information content (AvgIpc) is 2.88. The second-order valence-corrected chi connectivity index (χ2v) is 7.28. The van der Waals surface area contributed by atoms with Gasteiger partial charge in [0, 0.05) is 24.4 Å². The summed E-state index contributed by atoms with van der Waals surface area (Å²) in [4.78, 5) is 0.847. The maximum absolute atomic E-state index is 12.0. The monoisotopic (exact) mass is 307 g/mol. The number of hydrogen-bond donors (Lipinski definition) is 2. The van der Waals surface area contributed by atoms with Crippen LogP contribution in [-0.2, 0) is 25.9 Å². The van der Waals surface area contributed by atoms with Gasteiger partial charge < -0.3 is 14.6 Å². The quantitative estimate of drug-likeness (QED) is 0.771. The highest BCUT2D eigenvalue weighted by Crippen LogP contribution is 2.21. The van der Waals surface area contributed by atoms with Gasteiger partial charge in [-0.3, -0.25) is 0 Å². The number of sulfonamides is 1. The van der Waals surface area contributed by atoms with E-state index in [9.17, 15) is 8.42 Å². The average molecular weight is 307 g/mol. The molecule has 0 radical (unpaired) electrons. The lowest BCUT2D eigenvalue weighted by Gasteiger charge is -2.22. The third-order valence-electron chi connectivity index (χ3n) is 2.65. The number of nitrogens with one attached hydrogen (secondary N) is 1. The van der Waals surface area contributed by atoms with E-state index in [1.807, 2.05) is 0 Å². The Morgan fingerprint density at radius 2 is 2.26 bits per heavy atom. The molecule has 0 amide bonds. The van der Waals surface area contributed by atoms with E-state index in [0.717, 1.165) is 4.88 Å². The Hall–Kier alpha value is -0.510. The standard InChI is InChI=1S/C11H17NO5S2/c13-4-3-10-1-2-11(18-10)19(14,15)12-7-9-8-16-5-6-17-9/h1-2,9,12-13H,3-8H2. The summed E-state index contributed by atoms with van der Waals surface area (Å²) in [5.74, 6) is 0. The smallest absolute Gasteiger partial charge is 0.250 e. The predicted octanol–water partition coefficient (Wildman–Crippen LogP) is -0.0234. The van der Waals surface area contributed by atoms with Gasteiger partial charge in [0.2, 0.25) is 10.0 Å². The summed E-state index contributed by atoms with van der Waals surface area (Å²) >= 11 is 1.17. The van der Waals surface area contributed by atoms with Crippen molar-refractivity contribution in [3.63, 3.8) is 0 Å². The largest absolute Gasteiger partial charge is 0.396 e. The van der Waals surface area contributed by atoms with Crippen LogP contribution in [0.3, 0.4) is 0 Å². The van der Waals surface area contributed by atoms with Gasteiger partial charge in [0.15, 0.2) is 0 Å². The molecule has 2 N–H and O–H groups in total. The number of rotatable bonds is 6. The first-order valence-electron chi connectivity index (χ1n) is 6.00. The molecular formula is C11H17NO5S2. The van der Waals surface area contributed by atoms with Crippen molar-refractivity contribution < 1.29 is 23.0 Å². The highest BCUT2D eigenvalue weighted by molar-refractivity contribution is 7.91. The maximum atomic E-state index is 12.0. The molecule has 1 aromatic heterocycles. The summed E-state index contributed by atoms with van der Waals surface area (Å²) < 4.78 is 37.4. The van der Waals surface area contributed by atoms with E-state index in [0.29, 0.717) is 26.2 Å². The van der Waals surface area contributed by atoms with Gasteiger partial charge >= 0.3 is 0 Å². The van der Waals surface area contributed by atoms with Crippen LogP contribution >= 0.6 is 11.3 Å². The Bertz CT molecular complexity index is 493. The van der Waals surface area contributed by atoms with Crippen molar-refractivity contribution in [3.05, 3.63) is 17.0 Å². The SMILES string of the molecule is O=S(=O)(NCC1COCCO1)c1ccc(CCO)s1. The summed E-state index contributed by atoms with van der Waals surface area (Å²) in [6, 6.07) is 3.27. The van der Waals surface area contributed by atoms with Gasteiger partial charge in [0.25, 0.3) is 0 Å². The molecular weight excluding hydrogens is 290 g/mol. The first-order valence-corrected chi connectivity index (χ1v) is 8.30. The molecule has 2 rings (SSSR count). The van der Waals surface area contributed by atoms with Gasteiger partial charge in [-0.15, -0.1) is 11.3 Å². The molecule has 1 aromatic rings. The molecule has 19 heavy (non-hydrogen) atoms. The molecule has 0 aromatic carbocycles. The van der Waals surface area contributed by atoms with Crippen molar-refractivity contribution in [1.82, 2.24) is 4.72 Å². The molecule has 1 fully saturated rings. The number of ether oxygens (including phenoxy) is 2. The molecule has 8 heteroatoms. The zero-order valence-electron chi connectivity index (χ0n) is 10.4. The molecule has 0 aliphatic carbocycles. The predicted molar refractivity (Wildman–Crippen MR) is 70.9 cm³/mol. The Morgan fingerprint density at radius 1 is 1.42 bits per heavy atom. The lowest BCUT2D eigenvalue weighted by Crippen LogP contribution is -2.39. The first kappa shape index (κ1) is 14.9. The minimum atomic E-state index is -3.51. The molecule has 0 spiro atoms. The molecule has 0 saturated carbocycles. The maximum Gasteiger partial charge on any atom is 0.250 e. The first-order chi connectivity index (χ1) is 9.12. The molecule has 1 unspecified atom stereocenters. The molecule has 1 aliphatic heterocycles. The second-order valence-electron chi connectivity index (χ2n) is 4.11. The third kappa shape index (κ3) is 4.23. The Labute approximate surface area is 116 Å². The van der Waals surface area contributed by atoms with Gasteiger partial charge in [-0.2, -0.15) is 0 Å². The van der Waals surface area contributed by atoms with Crippen LogP contribution in [0.5, 0.6) is 0 Å². The van der Waals surface area contributed by atoms with E-state index in [2.05, 4.69) is 4.72 Å². The highest BCUT2D eigenvalue weighted by Gasteiger charge is 2.20. The summed E-state index contributed by atoms with van der Waals surface area (Å²) in [7, 11) is -3.51. The zero-order valence-corrected chi connectivity index (χ0v) is 12.0. The molecule has 0 bridgehead atoms. The molecule has 1 atom stereocenters. The van der Waals surface area contributed by atoms with Crippen LogP contribution in [0.25, 0.3) is 0 Å². The summed E-state index contributed by atoms with van der Waals surface area (Å²) in [5, 5.41) is 8.82. The van der Waals surface area contributed by atoms with Gasteiger partial charge in [-0.05, 0) is 12.1 Å². The fraction of sp³-hybridized carbons (Fsp3) is 0.636. The number of aliphatic hydroxyl groups is 1. The van der Waals surface area contributed by atoms with E-state index in [-0.39, 0.29) is 23.5 Å². The van der Waals surface area contributed by atoms with Crippen LogP contribution in [-0.4, -0.2) is 52.6 Å². The number of aliphatic hydroxyl groups excluding tert-OH is 1. The van der Waals surface area contributed by atoms with Crippen LogP contribution in [0, 0.1) is 0 Å². The van der Waals surface area contributed by atoms with Crippen molar-refractivity contribution in [2.45, 2.75) is 16.7 Å². The third-order valence-corrected chi connectivity index (χ3v) is 5.71. The Kier molecular flexibility index (Phi) is 5.31. The Balaban J connectivity index is 1.92. The van der Waals surface area contributed by atoms with Crippen LogP contribution in [0.15, 0.2) is 16.3 Å². The molecule has 1 saturated heterocycles. The summed E-state index contributed by atoms with van der Waals surface area (Å²) in [6.45, 7) is 1.67. The lowest BCUT2D eigenvalue weighted by molar-refractivity contribution is -0.0846. The highest BCUT2D eigenvalue weighted by atomic mass is 32.2. The summed E-state index contributed by atoms with van der Waals surface area (Å²) in [5.41, 5.74) is 0. The van der Waals surface area contributed by atoms with Crippen molar-refractivity contribution in [3.8, 4) is 0 Å². The van der Waals surface area contributed by atoms with Gasteiger partial charge in [0.05, 0.1) is 25.9 Å². The lowest BCUT2D eigenvalue weighted by atomic mass is 10.3. The van der Waals surface area contributed by atoms with Gasteiger partial charge in [-0.25, -0.2) is 13.1 Å². The van der Waals surface area contributed by atoms with Crippen molar-refractivity contribution in [2.75, 3.05) is 33.0 Å². The van der Waals surface area contributed by atoms with Crippen LogP contribution < -0.4 is 4.72 Å². The molecule has 2 heterocycles. The second kappa shape index (κ2) is 6.78. The number of hydrogen-bond acceptors (Lipinski definition) is 6. The fourth-order valence-electron chi connectivity index (χ4n) is 1.68. The van der Waals surface area contributed by atoms with E-state index >= 15 is 0 Å². The topological polar surface area (TPSA) is 84.9 Å². The molecule has 1 aliphatic rings. The van der Waals surface area contributed by atoms with E-state index in [4.69, 9.17) is 14.6 Å². The van der Waals surface area contributed by atoms with Crippen LogP contribution in [0.2, 0.25) is 0 Å². The van der Waals surface area contributed by atoms with Crippen molar-refractivity contribution in [2.24, 2.45) is 0 Å². The summed E-state index contributed by atoms with van der Waals surface area (Å²) in [6.07, 6.45) is 0.236. The van der Waals surface area contributed by atoms with E-state index in [1.54, 1.807) is 12.1 Å².